The Labute approximate surface area is 215 Å². The molecule has 0 saturated carbocycles. The van der Waals surface area contributed by atoms with Gasteiger partial charge in [0.1, 0.15) is 16.9 Å². The fourth-order valence-corrected chi connectivity index (χ4v) is 6.65. The van der Waals surface area contributed by atoms with Crippen molar-refractivity contribution in [2.75, 3.05) is 17.2 Å². The van der Waals surface area contributed by atoms with Gasteiger partial charge in [-0.05, 0) is 52.4 Å². The number of halogens is 2. The van der Waals surface area contributed by atoms with Crippen molar-refractivity contribution >= 4 is 44.3 Å². The van der Waals surface area contributed by atoms with Crippen molar-refractivity contribution in [3.05, 3.63) is 16.7 Å². The molecule has 0 aromatic carbocycles. The second-order valence-corrected chi connectivity index (χ2v) is 13.5. The first-order valence-electron chi connectivity index (χ1n) is 12.4. The molecule has 0 unspecified atom stereocenters. The molecule has 0 radical (unpaired) electrons. The molecule has 5 heterocycles. The number of hydrogen-bond acceptors (Lipinski definition) is 8. The molecule has 2 fully saturated rings. The van der Waals surface area contributed by atoms with E-state index in [2.05, 4.69) is 15.0 Å². The maximum absolute atomic E-state index is 15.3. The van der Waals surface area contributed by atoms with Gasteiger partial charge in [0, 0.05) is 6.54 Å². The first kappa shape index (κ1) is 25.4. The lowest BCUT2D eigenvalue weighted by Gasteiger charge is -2.48. The number of carbonyl (C=O) groups excluding carboxylic acids is 1. The molecule has 2 aromatic rings. The summed E-state index contributed by atoms with van der Waals surface area (Å²) in [5.41, 5.74) is -0.184. The predicted molar refractivity (Wildman–Crippen MR) is 134 cm³/mol. The van der Waals surface area contributed by atoms with Gasteiger partial charge in [0.05, 0.1) is 35.0 Å². The lowest BCUT2D eigenvalue weighted by Crippen LogP contribution is -2.62. The summed E-state index contributed by atoms with van der Waals surface area (Å²) in [5.74, 6) is -0.825. The van der Waals surface area contributed by atoms with E-state index >= 15 is 4.39 Å². The summed E-state index contributed by atoms with van der Waals surface area (Å²) in [6.45, 7) is 9.44. The monoisotopic (exact) mass is 539 g/mol. The molecule has 196 valence electrons. The number of aromatic nitrogens is 3. The minimum Gasteiger partial charge on any atom is -0.444 e. The minimum absolute atomic E-state index is 0.0992. The van der Waals surface area contributed by atoms with Gasteiger partial charge >= 0.3 is 6.09 Å². The molecule has 36 heavy (non-hydrogen) atoms. The largest absolute Gasteiger partial charge is 0.444 e. The molecule has 12 heteroatoms. The summed E-state index contributed by atoms with van der Waals surface area (Å²) in [6, 6.07) is -0.405. The number of hydrogen-bond donors (Lipinski definition) is 0. The van der Waals surface area contributed by atoms with Gasteiger partial charge in [-0.15, -0.1) is 0 Å². The molecule has 3 aliphatic rings. The van der Waals surface area contributed by atoms with Gasteiger partial charge in [-0.25, -0.2) is 32.6 Å². The molecule has 9 nitrogen and oxygen atoms in total. The average molecular weight is 540 g/mol. The van der Waals surface area contributed by atoms with Crippen molar-refractivity contribution < 1.29 is 22.3 Å². The van der Waals surface area contributed by atoms with Gasteiger partial charge in [0.25, 0.3) is 0 Å². The van der Waals surface area contributed by atoms with Crippen LogP contribution < -0.4 is 4.90 Å². The van der Waals surface area contributed by atoms with Crippen molar-refractivity contribution in [3.8, 4) is 0 Å². The summed E-state index contributed by atoms with van der Waals surface area (Å²) < 4.78 is 46.7. The second kappa shape index (κ2) is 8.65. The number of carbonyl (C=O) groups is 1. The second-order valence-electron chi connectivity index (χ2n) is 10.9. The lowest BCUT2D eigenvalue weighted by molar-refractivity contribution is 0.00694. The van der Waals surface area contributed by atoms with E-state index in [-0.39, 0.29) is 46.6 Å². The fraction of sp³-hybridized carbons (Fsp3) is 0.667. The van der Waals surface area contributed by atoms with Gasteiger partial charge < -0.3 is 9.64 Å². The van der Waals surface area contributed by atoms with E-state index in [1.165, 1.54) is 6.92 Å². The molecule has 5 rings (SSSR count). The number of nitrogens with zero attached hydrogens (tertiary/aromatic N) is 5. The third-order valence-corrected chi connectivity index (χ3v) is 9.18. The Morgan fingerprint density at radius 3 is 2.50 bits per heavy atom. The zero-order valence-electron chi connectivity index (χ0n) is 21.1. The highest BCUT2D eigenvalue weighted by Gasteiger charge is 2.51. The van der Waals surface area contributed by atoms with Gasteiger partial charge in [0.2, 0.25) is 15.0 Å². The number of pyridine rings is 1. The zero-order chi connectivity index (χ0) is 26.2. The van der Waals surface area contributed by atoms with E-state index in [1.54, 1.807) is 0 Å². The molecular formula is C24H31ClFN5O4S. The molecule has 0 aliphatic carbocycles. The first-order chi connectivity index (χ1) is 16.8. The summed E-state index contributed by atoms with van der Waals surface area (Å²) in [5, 5.41) is -0.358. The Hall–Kier alpha value is -2.27. The summed E-state index contributed by atoms with van der Waals surface area (Å²) >= 11 is 6.14. The van der Waals surface area contributed by atoms with Crippen LogP contribution in [-0.2, 0) is 14.6 Å². The van der Waals surface area contributed by atoms with Crippen molar-refractivity contribution in [3.63, 3.8) is 0 Å². The van der Waals surface area contributed by atoms with Crippen molar-refractivity contribution in [1.82, 2.24) is 19.9 Å². The molecule has 2 saturated heterocycles. The summed E-state index contributed by atoms with van der Waals surface area (Å²) in [7, 11) is -3.83. The molecule has 2 bridgehead atoms. The number of ether oxygens (including phenoxy) is 1. The Kier molecular flexibility index (Phi) is 6.10. The SMILES string of the molecule is CCS(=O)(=O)c1nc2c3c(nc(Cl)c(F)c3n1)[C@H](C)CC[C@@H]1[C@@H]3CC[C@H](CN21)N3C(=O)OC(C)(C)C. The van der Waals surface area contributed by atoms with Crippen LogP contribution in [0.4, 0.5) is 15.0 Å². The predicted octanol–water partition coefficient (Wildman–Crippen LogP) is 4.46. The highest BCUT2D eigenvalue weighted by atomic mass is 35.5. The fourth-order valence-electron chi connectivity index (χ4n) is 5.75. The summed E-state index contributed by atoms with van der Waals surface area (Å²) in [6.07, 6.45) is 2.69. The molecular weight excluding hydrogens is 509 g/mol. The van der Waals surface area contributed by atoms with Gasteiger partial charge in [-0.3, -0.25) is 4.90 Å². The van der Waals surface area contributed by atoms with Crippen molar-refractivity contribution in [1.29, 1.82) is 0 Å². The van der Waals surface area contributed by atoms with Crippen LogP contribution in [0.25, 0.3) is 10.9 Å². The highest BCUT2D eigenvalue weighted by Crippen LogP contribution is 2.45. The number of piperazine rings is 1. The lowest BCUT2D eigenvalue weighted by atomic mass is 9.88. The van der Waals surface area contributed by atoms with E-state index in [0.717, 1.165) is 25.7 Å². The minimum atomic E-state index is -3.83. The number of amides is 1. The van der Waals surface area contributed by atoms with Crippen LogP contribution in [0.3, 0.4) is 0 Å². The van der Waals surface area contributed by atoms with E-state index in [1.807, 2.05) is 37.5 Å². The summed E-state index contributed by atoms with van der Waals surface area (Å²) in [4.78, 5) is 30.1. The van der Waals surface area contributed by atoms with E-state index in [0.29, 0.717) is 23.4 Å². The average Bonchev–Trinajstić information content (AvgIpc) is 3.13. The molecule has 4 atom stereocenters. The Balaban J connectivity index is 1.70. The maximum atomic E-state index is 15.3. The van der Waals surface area contributed by atoms with Crippen LogP contribution in [0.15, 0.2) is 5.16 Å². The van der Waals surface area contributed by atoms with Crippen LogP contribution in [0.2, 0.25) is 5.15 Å². The van der Waals surface area contributed by atoms with E-state index in [4.69, 9.17) is 16.3 Å². The van der Waals surface area contributed by atoms with Crippen LogP contribution in [0, 0.1) is 5.82 Å². The van der Waals surface area contributed by atoms with Gasteiger partial charge in [0.15, 0.2) is 11.0 Å². The quantitative estimate of drug-likeness (QED) is 0.406. The number of fused-ring (bicyclic) bond motifs is 5. The van der Waals surface area contributed by atoms with Crippen LogP contribution in [0.1, 0.15) is 71.9 Å². The smallest absolute Gasteiger partial charge is 0.410 e. The zero-order valence-corrected chi connectivity index (χ0v) is 22.7. The molecule has 0 spiro atoms. The molecule has 0 N–H and O–H groups in total. The van der Waals surface area contributed by atoms with Gasteiger partial charge in [-0.1, -0.05) is 25.4 Å². The van der Waals surface area contributed by atoms with Crippen LogP contribution >= 0.6 is 11.6 Å². The Morgan fingerprint density at radius 2 is 1.83 bits per heavy atom. The standard InChI is InChI=1S/C24H31ClFN5O4S/c1-6-36(33,34)22-28-19-16-18(27-20(25)17(19)26)12(2)7-9-14-15-10-8-13(11-30(14)21(16)29-22)31(15)23(32)35-24(3,4)5/h12-15H,6-11H2,1-5H3/t12-,13-,14-,15+/m1/s1. The first-order valence-corrected chi connectivity index (χ1v) is 14.4. The number of anilines is 1. The number of sulfone groups is 1. The number of rotatable bonds is 2. The van der Waals surface area contributed by atoms with Crippen molar-refractivity contribution in [2.45, 2.75) is 95.1 Å². The van der Waals surface area contributed by atoms with E-state index < -0.39 is 26.4 Å². The Morgan fingerprint density at radius 1 is 1.14 bits per heavy atom. The Bertz CT molecular complexity index is 1350. The van der Waals surface area contributed by atoms with Crippen molar-refractivity contribution in [2.24, 2.45) is 0 Å². The molecule has 2 aromatic heterocycles. The highest BCUT2D eigenvalue weighted by molar-refractivity contribution is 7.91. The topological polar surface area (TPSA) is 106 Å². The molecule has 3 aliphatic heterocycles. The van der Waals surface area contributed by atoms with Gasteiger partial charge in [-0.2, -0.15) is 0 Å². The normalized spacial score (nSPS) is 26.0. The van der Waals surface area contributed by atoms with Crippen LogP contribution in [0.5, 0.6) is 0 Å². The third-order valence-electron chi connectivity index (χ3n) is 7.43. The molecule has 1 amide bonds. The van der Waals surface area contributed by atoms with Crippen LogP contribution in [-0.4, -0.2) is 70.4 Å². The maximum Gasteiger partial charge on any atom is 0.410 e. The third kappa shape index (κ3) is 4.08. The van der Waals surface area contributed by atoms with E-state index in [9.17, 15) is 13.2 Å².